The predicted molar refractivity (Wildman–Crippen MR) is 94.2 cm³/mol. The SMILES string of the molecule is COc1ccc(OC)c(N(CCC(=O)NC(C)(C)C)S(C)(=O)=O)c1. The summed E-state index contributed by atoms with van der Waals surface area (Å²) in [5, 5.41) is 2.81. The molecule has 136 valence electrons. The van der Waals surface area contributed by atoms with Crippen LogP contribution in [-0.4, -0.2) is 46.9 Å². The fourth-order valence-electron chi connectivity index (χ4n) is 2.14. The molecule has 0 saturated carbocycles. The molecular weight excluding hydrogens is 332 g/mol. The summed E-state index contributed by atoms with van der Waals surface area (Å²) >= 11 is 0. The van der Waals surface area contributed by atoms with Crippen LogP contribution in [0.5, 0.6) is 11.5 Å². The van der Waals surface area contributed by atoms with E-state index in [1.807, 2.05) is 20.8 Å². The molecule has 0 spiro atoms. The van der Waals surface area contributed by atoms with Gasteiger partial charge in [-0.15, -0.1) is 0 Å². The lowest BCUT2D eigenvalue weighted by atomic mass is 10.1. The van der Waals surface area contributed by atoms with Gasteiger partial charge in [-0.3, -0.25) is 9.10 Å². The minimum absolute atomic E-state index is 0.00424. The van der Waals surface area contributed by atoms with Crippen LogP contribution in [-0.2, 0) is 14.8 Å². The van der Waals surface area contributed by atoms with E-state index in [4.69, 9.17) is 9.47 Å². The number of rotatable bonds is 7. The van der Waals surface area contributed by atoms with E-state index in [-0.39, 0.29) is 24.4 Å². The van der Waals surface area contributed by atoms with Gasteiger partial charge in [0.05, 0.1) is 26.2 Å². The van der Waals surface area contributed by atoms with Crippen molar-refractivity contribution in [1.82, 2.24) is 5.32 Å². The predicted octanol–water partition coefficient (Wildman–Crippen LogP) is 1.77. The molecule has 0 aliphatic rings. The third-order valence-electron chi connectivity index (χ3n) is 3.11. The van der Waals surface area contributed by atoms with Gasteiger partial charge in [-0.1, -0.05) is 0 Å². The zero-order chi connectivity index (χ0) is 18.5. The number of nitrogens with one attached hydrogen (secondary N) is 1. The highest BCUT2D eigenvalue weighted by Crippen LogP contribution is 2.33. The topological polar surface area (TPSA) is 84.9 Å². The summed E-state index contributed by atoms with van der Waals surface area (Å²) in [4.78, 5) is 12.0. The fraction of sp³-hybridized carbons (Fsp3) is 0.562. The van der Waals surface area contributed by atoms with E-state index in [9.17, 15) is 13.2 Å². The van der Waals surface area contributed by atoms with Crippen LogP contribution >= 0.6 is 0 Å². The van der Waals surface area contributed by atoms with Gasteiger partial charge < -0.3 is 14.8 Å². The number of amides is 1. The molecule has 0 aliphatic carbocycles. The van der Waals surface area contributed by atoms with Crippen molar-refractivity contribution in [2.45, 2.75) is 32.7 Å². The number of nitrogens with zero attached hydrogens (tertiary/aromatic N) is 1. The van der Waals surface area contributed by atoms with Crippen molar-refractivity contribution in [2.75, 3.05) is 31.3 Å². The van der Waals surface area contributed by atoms with Crippen molar-refractivity contribution in [2.24, 2.45) is 0 Å². The minimum Gasteiger partial charge on any atom is -0.497 e. The molecule has 24 heavy (non-hydrogen) atoms. The summed E-state index contributed by atoms with van der Waals surface area (Å²) in [6, 6.07) is 4.87. The molecular formula is C16H26N2O5S. The van der Waals surface area contributed by atoms with Crippen molar-refractivity contribution < 1.29 is 22.7 Å². The summed E-state index contributed by atoms with van der Waals surface area (Å²) in [7, 11) is -0.647. The summed E-state index contributed by atoms with van der Waals surface area (Å²) in [6.45, 7) is 5.60. The first-order valence-electron chi connectivity index (χ1n) is 7.48. The smallest absolute Gasteiger partial charge is 0.232 e. The Morgan fingerprint density at radius 1 is 1.21 bits per heavy atom. The standard InChI is InChI=1S/C16H26N2O5S/c1-16(2,3)17-15(19)9-10-18(24(6,20)21)13-11-12(22-4)7-8-14(13)23-5/h7-8,11H,9-10H2,1-6H3,(H,17,19). The van der Waals surface area contributed by atoms with Crippen LogP contribution in [0.4, 0.5) is 5.69 Å². The van der Waals surface area contributed by atoms with E-state index < -0.39 is 10.0 Å². The van der Waals surface area contributed by atoms with Gasteiger partial charge in [0, 0.05) is 24.6 Å². The van der Waals surface area contributed by atoms with Crippen LogP contribution in [0.25, 0.3) is 0 Å². The van der Waals surface area contributed by atoms with E-state index in [1.54, 1.807) is 18.2 Å². The quantitative estimate of drug-likeness (QED) is 0.803. The molecule has 1 aromatic rings. The third-order valence-corrected chi connectivity index (χ3v) is 4.29. The van der Waals surface area contributed by atoms with Crippen LogP contribution in [0.1, 0.15) is 27.2 Å². The molecule has 0 fully saturated rings. The second-order valence-electron chi connectivity index (χ2n) is 6.42. The number of anilines is 1. The molecule has 0 heterocycles. The van der Waals surface area contributed by atoms with Crippen LogP contribution in [0.15, 0.2) is 18.2 Å². The van der Waals surface area contributed by atoms with Gasteiger partial charge in [0.25, 0.3) is 0 Å². The number of methoxy groups -OCH3 is 2. The van der Waals surface area contributed by atoms with E-state index in [0.29, 0.717) is 17.2 Å². The Kier molecular flexibility index (Phi) is 6.48. The number of sulfonamides is 1. The minimum atomic E-state index is -3.60. The molecule has 0 aliphatic heterocycles. The lowest BCUT2D eigenvalue weighted by Gasteiger charge is -2.26. The molecule has 0 unspecified atom stereocenters. The second kappa shape index (κ2) is 7.74. The van der Waals surface area contributed by atoms with Gasteiger partial charge in [-0.2, -0.15) is 0 Å². The van der Waals surface area contributed by atoms with Crippen LogP contribution in [0, 0.1) is 0 Å². The maximum absolute atomic E-state index is 12.2. The molecule has 8 heteroatoms. The molecule has 1 N–H and O–H groups in total. The molecule has 0 aromatic heterocycles. The summed E-state index contributed by atoms with van der Waals surface area (Å²) < 4.78 is 35.9. The van der Waals surface area contributed by atoms with Crippen LogP contribution in [0.3, 0.4) is 0 Å². The summed E-state index contributed by atoms with van der Waals surface area (Å²) in [5.74, 6) is 0.661. The number of carbonyl (C=O) groups excluding carboxylic acids is 1. The third kappa shape index (κ3) is 5.92. The fourth-order valence-corrected chi connectivity index (χ4v) is 3.06. The molecule has 0 atom stereocenters. The summed E-state index contributed by atoms with van der Waals surface area (Å²) in [5.41, 5.74) is -0.0383. The molecule has 0 bridgehead atoms. The Morgan fingerprint density at radius 2 is 1.83 bits per heavy atom. The van der Waals surface area contributed by atoms with Crippen LogP contribution in [0.2, 0.25) is 0 Å². The van der Waals surface area contributed by atoms with Crippen molar-refractivity contribution >= 4 is 21.6 Å². The number of hydrogen-bond acceptors (Lipinski definition) is 5. The van der Waals surface area contributed by atoms with Crippen molar-refractivity contribution in [3.63, 3.8) is 0 Å². The molecule has 1 amide bonds. The van der Waals surface area contributed by atoms with E-state index in [0.717, 1.165) is 10.6 Å². The maximum Gasteiger partial charge on any atom is 0.232 e. The largest absolute Gasteiger partial charge is 0.497 e. The van der Waals surface area contributed by atoms with Crippen LogP contribution < -0.4 is 19.1 Å². The van der Waals surface area contributed by atoms with E-state index >= 15 is 0 Å². The maximum atomic E-state index is 12.2. The Hall–Kier alpha value is -1.96. The Balaban J connectivity index is 3.10. The molecule has 1 aromatic carbocycles. The van der Waals surface area contributed by atoms with Gasteiger partial charge in [-0.05, 0) is 32.9 Å². The number of hydrogen-bond donors (Lipinski definition) is 1. The highest BCUT2D eigenvalue weighted by atomic mass is 32.2. The van der Waals surface area contributed by atoms with Gasteiger partial charge in [0.1, 0.15) is 11.5 Å². The van der Waals surface area contributed by atoms with Gasteiger partial charge in [0.15, 0.2) is 0 Å². The second-order valence-corrected chi connectivity index (χ2v) is 8.33. The lowest BCUT2D eigenvalue weighted by molar-refractivity contribution is -0.122. The highest BCUT2D eigenvalue weighted by Gasteiger charge is 2.23. The first-order valence-corrected chi connectivity index (χ1v) is 9.33. The van der Waals surface area contributed by atoms with Crippen molar-refractivity contribution in [3.05, 3.63) is 18.2 Å². The van der Waals surface area contributed by atoms with Crippen molar-refractivity contribution in [3.8, 4) is 11.5 Å². The zero-order valence-electron chi connectivity index (χ0n) is 15.0. The van der Waals surface area contributed by atoms with Crippen molar-refractivity contribution in [1.29, 1.82) is 0 Å². The first-order chi connectivity index (χ1) is 11.0. The van der Waals surface area contributed by atoms with Gasteiger partial charge in [0.2, 0.25) is 15.9 Å². The molecule has 1 rings (SSSR count). The average molecular weight is 358 g/mol. The van der Waals surface area contributed by atoms with E-state index in [2.05, 4.69) is 5.32 Å². The number of ether oxygens (including phenoxy) is 2. The average Bonchev–Trinajstić information content (AvgIpc) is 2.43. The Labute approximate surface area is 144 Å². The summed E-state index contributed by atoms with van der Waals surface area (Å²) in [6.07, 6.45) is 1.12. The number of benzene rings is 1. The number of carbonyl (C=O) groups is 1. The Morgan fingerprint density at radius 3 is 2.29 bits per heavy atom. The zero-order valence-corrected chi connectivity index (χ0v) is 15.9. The lowest BCUT2D eigenvalue weighted by Crippen LogP contribution is -2.42. The highest BCUT2D eigenvalue weighted by molar-refractivity contribution is 7.92. The first kappa shape index (κ1) is 20.1. The van der Waals surface area contributed by atoms with Gasteiger partial charge >= 0.3 is 0 Å². The van der Waals surface area contributed by atoms with Gasteiger partial charge in [-0.25, -0.2) is 8.42 Å². The molecule has 7 nitrogen and oxygen atoms in total. The normalized spacial score (nSPS) is 11.8. The molecule has 0 radical (unpaired) electrons. The Bertz CT molecular complexity index is 680. The van der Waals surface area contributed by atoms with E-state index in [1.165, 1.54) is 14.2 Å². The monoisotopic (exact) mass is 358 g/mol. The molecule has 0 saturated heterocycles.